The van der Waals surface area contributed by atoms with Gasteiger partial charge in [0.1, 0.15) is 17.2 Å². The van der Waals surface area contributed by atoms with E-state index in [4.69, 9.17) is 9.47 Å². The Labute approximate surface area is 188 Å². The summed E-state index contributed by atoms with van der Waals surface area (Å²) in [5.74, 6) is 1.64. The van der Waals surface area contributed by atoms with E-state index in [1.165, 1.54) is 0 Å². The minimum atomic E-state index is -0.772. The van der Waals surface area contributed by atoms with Crippen LogP contribution in [0.25, 0.3) is 16.8 Å². The van der Waals surface area contributed by atoms with Gasteiger partial charge in [0, 0.05) is 16.5 Å². The van der Waals surface area contributed by atoms with Crippen molar-refractivity contribution in [3.8, 4) is 17.2 Å². The number of aromatic hydroxyl groups is 1. The molecule has 1 N–H and O–H groups in total. The summed E-state index contributed by atoms with van der Waals surface area (Å²) in [6, 6.07) is 28.4. The molecule has 1 aliphatic heterocycles. The van der Waals surface area contributed by atoms with Crippen molar-refractivity contribution >= 4 is 16.8 Å². The highest BCUT2D eigenvalue weighted by Crippen LogP contribution is 2.52. The Morgan fingerprint density at radius 1 is 0.875 bits per heavy atom. The lowest BCUT2D eigenvalue weighted by atomic mass is 9.75. The number of fused-ring (bicyclic) bond motifs is 3. The molecule has 32 heavy (non-hydrogen) atoms. The monoisotopic (exact) mass is 422 g/mol. The van der Waals surface area contributed by atoms with E-state index in [0.717, 1.165) is 51.6 Å². The Kier molecular flexibility index (Phi) is 5.10. The average Bonchev–Trinajstić information content (AvgIpc) is 2.85. The molecule has 0 aliphatic carbocycles. The number of hydrogen-bond donors (Lipinski definition) is 1. The fraction of sp³-hybridized carbons (Fsp3) is 0.172. The van der Waals surface area contributed by atoms with Gasteiger partial charge in [-0.25, -0.2) is 0 Å². The highest BCUT2D eigenvalue weighted by Gasteiger charge is 2.43. The van der Waals surface area contributed by atoms with Crippen molar-refractivity contribution in [1.82, 2.24) is 0 Å². The van der Waals surface area contributed by atoms with Gasteiger partial charge < -0.3 is 14.6 Å². The zero-order valence-electron chi connectivity index (χ0n) is 18.3. The summed E-state index contributed by atoms with van der Waals surface area (Å²) >= 11 is 0. The topological polar surface area (TPSA) is 38.7 Å². The van der Waals surface area contributed by atoms with Gasteiger partial charge in [-0.1, -0.05) is 74.0 Å². The molecule has 0 unspecified atom stereocenters. The first-order chi connectivity index (χ1) is 15.7. The first-order valence-electron chi connectivity index (χ1n) is 11.0. The predicted molar refractivity (Wildman–Crippen MR) is 129 cm³/mol. The average molecular weight is 423 g/mol. The fourth-order valence-electron chi connectivity index (χ4n) is 4.74. The summed E-state index contributed by atoms with van der Waals surface area (Å²) in [5, 5.41) is 12.8. The molecular weight excluding hydrogens is 396 g/mol. The van der Waals surface area contributed by atoms with Gasteiger partial charge in [-0.2, -0.15) is 0 Å². The molecule has 4 aromatic carbocycles. The first-order valence-corrected chi connectivity index (χ1v) is 11.0. The van der Waals surface area contributed by atoms with Crippen LogP contribution in [-0.4, -0.2) is 12.2 Å². The summed E-state index contributed by atoms with van der Waals surface area (Å²) in [6.45, 7) is 2.17. The van der Waals surface area contributed by atoms with Crippen LogP contribution in [0.2, 0.25) is 0 Å². The molecule has 3 heteroatoms. The second kappa shape index (κ2) is 8.08. The molecule has 1 heterocycles. The summed E-state index contributed by atoms with van der Waals surface area (Å²) in [7, 11) is 1.64. The normalized spacial score (nSPS) is 14.4. The van der Waals surface area contributed by atoms with Crippen LogP contribution in [-0.2, 0) is 5.60 Å². The van der Waals surface area contributed by atoms with E-state index in [2.05, 4.69) is 37.3 Å². The third-order valence-electron chi connectivity index (χ3n) is 6.22. The number of phenols is 1. The van der Waals surface area contributed by atoms with Gasteiger partial charge in [-0.3, -0.25) is 0 Å². The van der Waals surface area contributed by atoms with Crippen molar-refractivity contribution in [2.45, 2.75) is 25.4 Å². The van der Waals surface area contributed by atoms with Gasteiger partial charge in [-0.15, -0.1) is 0 Å². The predicted octanol–water partition coefficient (Wildman–Crippen LogP) is 7.07. The van der Waals surface area contributed by atoms with Crippen molar-refractivity contribution in [2.75, 3.05) is 7.11 Å². The largest absolute Gasteiger partial charge is 0.507 e. The Balaban J connectivity index is 1.85. The zero-order chi connectivity index (χ0) is 22.1. The van der Waals surface area contributed by atoms with E-state index in [1.54, 1.807) is 13.2 Å². The van der Waals surface area contributed by atoms with E-state index >= 15 is 0 Å². The number of rotatable bonds is 5. The fourth-order valence-corrected chi connectivity index (χ4v) is 4.74. The summed E-state index contributed by atoms with van der Waals surface area (Å²) in [4.78, 5) is 0. The van der Waals surface area contributed by atoms with Gasteiger partial charge >= 0.3 is 0 Å². The van der Waals surface area contributed by atoms with Gasteiger partial charge in [0.2, 0.25) is 0 Å². The van der Waals surface area contributed by atoms with E-state index in [0.29, 0.717) is 5.75 Å². The SMILES string of the molecule is CCCC1=Cc2c(O)cc3cc(OC)ccc3c2OC1(c1ccccc1)c1ccccc1. The first kappa shape index (κ1) is 20.2. The highest BCUT2D eigenvalue weighted by atomic mass is 16.5. The van der Waals surface area contributed by atoms with Crippen LogP contribution >= 0.6 is 0 Å². The van der Waals surface area contributed by atoms with Crippen molar-refractivity contribution in [3.05, 3.63) is 107 Å². The van der Waals surface area contributed by atoms with Crippen LogP contribution < -0.4 is 9.47 Å². The van der Waals surface area contributed by atoms with E-state index < -0.39 is 5.60 Å². The van der Waals surface area contributed by atoms with E-state index in [9.17, 15) is 5.11 Å². The minimum Gasteiger partial charge on any atom is -0.507 e. The van der Waals surface area contributed by atoms with Crippen LogP contribution in [0.3, 0.4) is 0 Å². The quantitative estimate of drug-likeness (QED) is 0.374. The second-order valence-corrected chi connectivity index (χ2v) is 8.16. The molecule has 5 rings (SSSR count). The molecule has 160 valence electrons. The lowest BCUT2D eigenvalue weighted by Gasteiger charge is -2.41. The Bertz CT molecular complexity index is 1250. The second-order valence-electron chi connectivity index (χ2n) is 8.16. The molecule has 0 fully saturated rings. The van der Waals surface area contributed by atoms with Crippen LogP contribution in [0, 0.1) is 0 Å². The number of benzene rings is 4. The zero-order valence-corrected chi connectivity index (χ0v) is 18.3. The molecule has 0 bridgehead atoms. The molecule has 4 aromatic rings. The molecule has 0 saturated carbocycles. The van der Waals surface area contributed by atoms with E-state index in [1.807, 2.05) is 54.6 Å². The molecule has 0 amide bonds. The van der Waals surface area contributed by atoms with Crippen molar-refractivity contribution < 1.29 is 14.6 Å². The van der Waals surface area contributed by atoms with Gasteiger partial charge in [-0.05, 0) is 47.7 Å². The Hall–Kier alpha value is -3.72. The lowest BCUT2D eigenvalue weighted by molar-refractivity contribution is 0.144. The standard InChI is InChI=1S/C29H26O3/c1-3-10-23-19-26-27(30)18-20-17-24(31-2)15-16-25(20)28(26)32-29(23,21-11-6-4-7-12-21)22-13-8-5-9-14-22/h4-9,11-19,30H,3,10H2,1-2H3. The Morgan fingerprint density at radius 2 is 1.53 bits per heavy atom. The number of methoxy groups -OCH3 is 1. The van der Waals surface area contributed by atoms with Crippen LogP contribution in [0.15, 0.2) is 90.5 Å². The Morgan fingerprint density at radius 3 is 2.12 bits per heavy atom. The molecule has 3 nitrogen and oxygen atoms in total. The summed E-state index contributed by atoms with van der Waals surface area (Å²) in [5.41, 5.74) is 3.23. The third-order valence-corrected chi connectivity index (χ3v) is 6.22. The van der Waals surface area contributed by atoms with Crippen LogP contribution in [0.4, 0.5) is 0 Å². The van der Waals surface area contributed by atoms with E-state index in [-0.39, 0.29) is 5.75 Å². The lowest BCUT2D eigenvalue weighted by Crippen LogP contribution is -2.38. The minimum absolute atomic E-state index is 0.212. The van der Waals surface area contributed by atoms with Crippen molar-refractivity contribution in [2.24, 2.45) is 0 Å². The molecular formula is C29H26O3. The highest BCUT2D eigenvalue weighted by molar-refractivity contribution is 5.96. The molecule has 0 spiro atoms. The van der Waals surface area contributed by atoms with Crippen LogP contribution in [0.1, 0.15) is 36.5 Å². The van der Waals surface area contributed by atoms with Crippen LogP contribution in [0.5, 0.6) is 17.2 Å². The summed E-state index contributed by atoms with van der Waals surface area (Å²) in [6.07, 6.45) is 3.95. The molecule has 0 aromatic heterocycles. The van der Waals surface area contributed by atoms with Crippen molar-refractivity contribution in [3.63, 3.8) is 0 Å². The van der Waals surface area contributed by atoms with Gasteiger partial charge in [0.15, 0.2) is 5.60 Å². The molecule has 0 saturated heterocycles. The maximum absolute atomic E-state index is 10.9. The molecule has 1 aliphatic rings. The van der Waals surface area contributed by atoms with Crippen molar-refractivity contribution in [1.29, 1.82) is 0 Å². The smallest absolute Gasteiger partial charge is 0.181 e. The number of ether oxygens (including phenoxy) is 2. The maximum atomic E-state index is 10.9. The maximum Gasteiger partial charge on any atom is 0.181 e. The third kappa shape index (κ3) is 3.13. The molecule has 0 atom stereocenters. The molecule has 0 radical (unpaired) electrons. The summed E-state index contributed by atoms with van der Waals surface area (Å²) < 4.78 is 12.5. The van der Waals surface area contributed by atoms with Gasteiger partial charge in [0.05, 0.1) is 12.7 Å². The number of phenolic OH excluding ortho intramolecular Hbond substituents is 1. The number of hydrogen-bond acceptors (Lipinski definition) is 3. The van der Waals surface area contributed by atoms with Gasteiger partial charge in [0.25, 0.3) is 0 Å².